The topological polar surface area (TPSA) is 60.7 Å². The van der Waals surface area contributed by atoms with Gasteiger partial charge >= 0.3 is 0 Å². The van der Waals surface area contributed by atoms with Crippen molar-refractivity contribution in [2.75, 3.05) is 0 Å². The second-order valence-corrected chi connectivity index (χ2v) is 3.95. The van der Waals surface area contributed by atoms with Crippen LogP contribution in [0.5, 0.6) is 11.5 Å². The normalized spacial score (nSPS) is 12.3. The fraction of sp³-hybridized carbons (Fsp3) is 0.143. The molecule has 0 saturated heterocycles. The molecule has 2 aromatic rings. The van der Waals surface area contributed by atoms with E-state index in [4.69, 9.17) is 0 Å². The van der Waals surface area contributed by atoms with E-state index < -0.39 is 6.10 Å². The standard InChI is InChI=1S/C14H14O3/c15-11-6-7-13(16)12(9-11)14(17)8-10-4-2-1-3-5-10/h1-7,9,14-17H,8H2. The van der Waals surface area contributed by atoms with E-state index >= 15 is 0 Å². The lowest BCUT2D eigenvalue weighted by Crippen LogP contribution is -2.01. The molecule has 0 bridgehead atoms. The molecule has 3 nitrogen and oxygen atoms in total. The Hall–Kier alpha value is -2.00. The Kier molecular flexibility index (Phi) is 3.30. The Morgan fingerprint density at radius 1 is 0.941 bits per heavy atom. The summed E-state index contributed by atoms with van der Waals surface area (Å²) in [5.41, 5.74) is 1.32. The van der Waals surface area contributed by atoms with Crippen molar-refractivity contribution < 1.29 is 15.3 Å². The van der Waals surface area contributed by atoms with Crippen LogP contribution >= 0.6 is 0 Å². The molecular weight excluding hydrogens is 216 g/mol. The minimum atomic E-state index is -0.829. The monoisotopic (exact) mass is 230 g/mol. The first-order valence-corrected chi connectivity index (χ1v) is 5.40. The van der Waals surface area contributed by atoms with Crippen molar-refractivity contribution in [3.05, 3.63) is 59.7 Å². The first-order valence-electron chi connectivity index (χ1n) is 5.40. The molecule has 0 aliphatic carbocycles. The molecule has 0 saturated carbocycles. The van der Waals surface area contributed by atoms with Crippen molar-refractivity contribution in [1.82, 2.24) is 0 Å². The molecule has 1 atom stereocenters. The molecule has 3 heteroatoms. The SMILES string of the molecule is Oc1ccc(O)c(C(O)Cc2ccccc2)c1. The van der Waals surface area contributed by atoms with E-state index in [9.17, 15) is 15.3 Å². The summed E-state index contributed by atoms with van der Waals surface area (Å²) >= 11 is 0. The van der Waals surface area contributed by atoms with Crippen LogP contribution in [-0.2, 0) is 6.42 Å². The van der Waals surface area contributed by atoms with Gasteiger partial charge in [-0.2, -0.15) is 0 Å². The lowest BCUT2D eigenvalue weighted by atomic mass is 10.0. The highest BCUT2D eigenvalue weighted by Crippen LogP contribution is 2.29. The molecule has 0 fully saturated rings. The zero-order chi connectivity index (χ0) is 12.3. The molecule has 0 spiro atoms. The van der Waals surface area contributed by atoms with Crippen LogP contribution in [0.3, 0.4) is 0 Å². The molecule has 0 radical (unpaired) electrons. The molecule has 0 aliphatic rings. The average molecular weight is 230 g/mol. The van der Waals surface area contributed by atoms with Gasteiger partial charge < -0.3 is 15.3 Å². The van der Waals surface area contributed by atoms with E-state index in [1.165, 1.54) is 18.2 Å². The van der Waals surface area contributed by atoms with Crippen LogP contribution < -0.4 is 0 Å². The van der Waals surface area contributed by atoms with Crippen LogP contribution in [0, 0.1) is 0 Å². The molecule has 0 heterocycles. The smallest absolute Gasteiger partial charge is 0.121 e. The predicted molar refractivity (Wildman–Crippen MR) is 64.9 cm³/mol. The predicted octanol–water partition coefficient (Wildman–Crippen LogP) is 2.37. The van der Waals surface area contributed by atoms with Crippen LogP contribution in [0.25, 0.3) is 0 Å². The van der Waals surface area contributed by atoms with Gasteiger partial charge in [0, 0.05) is 12.0 Å². The van der Waals surface area contributed by atoms with Gasteiger partial charge in [-0.15, -0.1) is 0 Å². The summed E-state index contributed by atoms with van der Waals surface area (Å²) in [6.07, 6.45) is -0.429. The molecule has 17 heavy (non-hydrogen) atoms. The van der Waals surface area contributed by atoms with Crippen molar-refractivity contribution in [1.29, 1.82) is 0 Å². The number of phenols is 2. The molecule has 0 amide bonds. The number of aromatic hydroxyl groups is 2. The first kappa shape index (κ1) is 11.5. The van der Waals surface area contributed by atoms with Crippen molar-refractivity contribution in [2.45, 2.75) is 12.5 Å². The van der Waals surface area contributed by atoms with Gasteiger partial charge in [-0.05, 0) is 23.8 Å². The lowest BCUT2D eigenvalue weighted by molar-refractivity contribution is 0.174. The number of aliphatic hydroxyl groups excluding tert-OH is 1. The summed E-state index contributed by atoms with van der Waals surface area (Å²) in [5.74, 6) is 0.0242. The van der Waals surface area contributed by atoms with Gasteiger partial charge in [0.2, 0.25) is 0 Å². The van der Waals surface area contributed by atoms with Crippen LogP contribution in [0.15, 0.2) is 48.5 Å². The summed E-state index contributed by atoms with van der Waals surface area (Å²) in [4.78, 5) is 0. The van der Waals surface area contributed by atoms with Crippen LogP contribution in [-0.4, -0.2) is 15.3 Å². The maximum absolute atomic E-state index is 10.0. The van der Waals surface area contributed by atoms with Crippen molar-refractivity contribution in [3.8, 4) is 11.5 Å². The Bertz CT molecular complexity index is 494. The van der Waals surface area contributed by atoms with E-state index in [2.05, 4.69) is 0 Å². The number of hydrogen-bond acceptors (Lipinski definition) is 3. The van der Waals surface area contributed by atoms with Crippen molar-refractivity contribution >= 4 is 0 Å². The van der Waals surface area contributed by atoms with Gasteiger partial charge in [-0.1, -0.05) is 30.3 Å². The second kappa shape index (κ2) is 4.89. The minimum Gasteiger partial charge on any atom is -0.508 e. The zero-order valence-corrected chi connectivity index (χ0v) is 9.24. The Morgan fingerprint density at radius 2 is 1.65 bits per heavy atom. The Labute approximate surface area is 99.6 Å². The summed E-state index contributed by atoms with van der Waals surface area (Å²) in [5, 5.41) is 29.0. The summed E-state index contributed by atoms with van der Waals surface area (Å²) < 4.78 is 0. The number of benzene rings is 2. The summed E-state index contributed by atoms with van der Waals surface area (Å²) in [6, 6.07) is 13.6. The third-order valence-corrected chi connectivity index (χ3v) is 2.64. The molecule has 0 aromatic heterocycles. The average Bonchev–Trinajstić information content (AvgIpc) is 2.33. The molecule has 1 unspecified atom stereocenters. The maximum atomic E-state index is 10.0. The quantitative estimate of drug-likeness (QED) is 0.709. The molecule has 2 rings (SSSR count). The second-order valence-electron chi connectivity index (χ2n) is 3.95. The van der Waals surface area contributed by atoms with E-state index in [1.807, 2.05) is 30.3 Å². The van der Waals surface area contributed by atoms with Gasteiger partial charge in [0.1, 0.15) is 11.5 Å². The minimum absolute atomic E-state index is 0.00812. The molecule has 2 aromatic carbocycles. The third-order valence-electron chi connectivity index (χ3n) is 2.64. The lowest BCUT2D eigenvalue weighted by Gasteiger charge is -2.13. The van der Waals surface area contributed by atoms with E-state index in [-0.39, 0.29) is 11.5 Å². The van der Waals surface area contributed by atoms with Crippen LogP contribution in [0.1, 0.15) is 17.2 Å². The summed E-state index contributed by atoms with van der Waals surface area (Å²) in [7, 11) is 0. The fourth-order valence-corrected chi connectivity index (χ4v) is 1.76. The molecule has 0 aliphatic heterocycles. The third kappa shape index (κ3) is 2.77. The Morgan fingerprint density at radius 3 is 2.35 bits per heavy atom. The first-order chi connectivity index (χ1) is 8.16. The van der Waals surface area contributed by atoms with E-state index in [0.717, 1.165) is 5.56 Å². The van der Waals surface area contributed by atoms with Gasteiger partial charge in [-0.25, -0.2) is 0 Å². The van der Waals surface area contributed by atoms with Crippen molar-refractivity contribution in [3.63, 3.8) is 0 Å². The van der Waals surface area contributed by atoms with Gasteiger partial charge in [0.15, 0.2) is 0 Å². The highest BCUT2D eigenvalue weighted by atomic mass is 16.3. The number of phenolic OH excluding ortho intramolecular Hbond substituents is 2. The Balaban J connectivity index is 2.20. The van der Waals surface area contributed by atoms with E-state index in [0.29, 0.717) is 12.0 Å². The number of hydrogen-bond donors (Lipinski definition) is 3. The van der Waals surface area contributed by atoms with Gasteiger partial charge in [-0.3, -0.25) is 0 Å². The number of rotatable bonds is 3. The maximum Gasteiger partial charge on any atom is 0.121 e. The summed E-state index contributed by atoms with van der Waals surface area (Å²) in [6.45, 7) is 0. The molecule has 3 N–H and O–H groups in total. The van der Waals surface area contributed by atoms with Crippen LogP contribution in [0.2, 0.25) is 0 Å². The van der Waals surface area contributed by atoms with Crippen molar-refractivity contribution in [2.24, 2.45) is 0 Å². The largest absolute Gasteiger partial charge is 0.508 e. The fourth-order valence-electron chi connectivity index (χ4n) is 1.76. The van der Waals surface area contributed by atoms with Crippen LogP contribution in [0.4, 0.5) is 0 Å². The number of aliphatic hydroxyl groups is 1. The molecule has 88 valence electrons. The highest BCUT2D eigenvalue weighted by molar-refractivity contribution is 5.40. The highest BCUT2D eigenvalue weighted by Gasteiger charge is 2.13. The van der Waals surface area contributed by atoms with Gasteiger partial charge in [0.05, 0.1) is 6.10 Å². The molecular formula is C14H14O3. The van der Waals surface area contributed by atoms with Gasteiger partial charge in [0.25, 0.3) is 0 Å². The zero-order valence-electron chi connectivity index (χ0n) is 9.24. The van der Waals surface area contributed by atoms with E-state index in [1.54, 1.807) is 0 Å².